The molecule has 0 aliphatic heterocycles. The zero-order valence-corrected chi connectivity index (χ0v) is 31.5. The molecule has 0 bridgehead atoms. The molecule has 0 aliphatic carbocycles. The second kappa shape index (κ2) is 37.9. The Morgan fingerprint density at radius 1 is 0.562 bits per heavy atom. The SMILES string of the molecule is CCCCCC/C=C\CCCCCCCC(=O)OCCCCCC/C=C\CCCC(=O)NC(CO)C(O)/C=C/CCCCCCCCC. The lowest BCUT2D eigenvalue weighted by molar-refractivity contribution is -0.143. The van der Waals surface area contributed by atoms with Crippen LogP contribution in [0.4, 0.5) is 0 Å². The van der Waals surface area contributed by atoms with Crippen molar-refractivity contribution in [2.75, 3.05) is 13.2 Å². The Hall–Kier alpha value is -1.92. The number of esters is 1. The summed E-state index contributed by atoms with van der Waals surface area (Å²) in [6.45, 7) is 4.73. The van der Waals surface area contributed by atoms with Gasteiger partial charge in [0.2, 0.25) is 5.91 Å². The van der Waals surface area contributed by atoms with E-state index in [0.717, 1.165) is 70.6 Å². The first-order valence-electron chi connectivity index (χ1n) is 20.3. The topological polar surface area (TPSA) is 95.9 Å². The van der Waals surface area contributed by atoms with Crippen LogP contribution >= 0.6 is 0 Å². The third-order valence-corrected chi connectivity index (χ3v) is 8.88. The lowest BCUT2D eigenvalue weighted by atomic mass is 10.1. The van der Waals surface area contributed by atoms with Gasteiger partial charge in [-0.1, -0.05) is 140 Å². The normalized spacial score (nSPS) is 13.2. The lowest BCUT2D eigenvalue weighted by Crippen LogP contribution is -2.45. The van der Waals surface area contributed by atoms with E-state index in [1.165, 1.54) is 96.3 Å². The fraction of sp³-hybridized carbons (Fsp3) is 0.810. The van der Waals surface area contributed by atoms with Crippen LogP contribution in [0, 0.1) is 0 Å². The van der Waals surface area contributed by atoms with Crippen molar-refractivity contribution >= 4 is 11.9 Å². The van der Waals surface area contributed by atoms with Gasteiger partial charge in [-0.3, -0.25) is 9.59 Å². The number of nitrogens with one attached hydrogen (secondary N) is 1. The Balaban J connectivity index is 3.61. The van der Waals surface area contributed by atoms with Crippen molar-refractivity contribution in [3.8, 4) is 0 Å². The molecule has 1 amide bonds. The monoisotopic (exact) mass is 676 g/mol. The van der Waals surface area contributed by atoms with E-state index in [0.29, 0.717) is 19.4 Å². The van der Waals surface area contributed by atoms with E-state index in [1.54, 1.807) is 6.08 Å². The molecule has 3 N–H and O–H groups in total. The maximum Gasteiger partial charge on any atom is 0.305 e. The maximum atomic E-state index is 12.3. The summed E-state index contributed by atoms with van der Waals surface area (Å²) in [5.41, 5.74) is 0. The van der Waals surface area contributed by atoms with Gasteiger partial charge in [0.05, 0.1) is 25.4 Å². The molecule has 2 atom stereocenters. The molecule has 6 heteroatoms. The number of rotatable bonds is 36. The van der Waals surface area contributed by atoms with Crippen molar-refractivity contribution in [3.05, 3.63) is 36.5 Å². The van der Waals surface area contributed by atoms with Crippen LogP contribution < -0.4 is 5.32 Å². The average Bonchev–Trinajstić information content (AvgIpc) is 3.08. The van der Waals surface area contributed by atoms with Gasteiger partial charge in [0.25, 0.3) is 0 Å². The highest BCUT2D eigenvalue weighted by Crippen LogP contribution is 2.11. The molecule has 0 aromatic heterocycles. The minimum absolute atomic E-state index is 0.0494. The predicted octanol–water partition coefficient (Wildman–Crippen LogP) is 11.0. The summed E-state index contributed by atoms with van der Waals surface area (Å²) < 4.78 is 5.40. The number of ether oxygens (including phenoxy) is 1. The van der Waals surface area contributed by atoms with E-state index in [1.807, 2.05) is 6.08 Å². The van der Waals surface area contributed by atoms with Gasteiger partial charge in [0, 0.05) is 12.8 Å². The molecule has 0 aliphatic rings. The number of carbonyl (C=O) groups is 2. The Bertz CT molecular complexity index is 793. The van der Waals surface area contributed by atoms with E-state index >= 15 is 0 Å². The molecule has 280 valence electrons. The summed E-state index contributed by atoms with van der Waals surface area (Å²) in [6.07, 6.45) is 42.7. The fourth-order valence-corrected chi connectivity index (χ4v) is 5.69. The second-order valence-corrected chi connectivity index (χ2v) is 13.6. The Kier molecular flexibility index (Phi) is 36.4. The highest BCUT2D eigenvalue weighted by atomic mass is 16.5. The molecule has 0 spiro atoms. The highest BCUT2D eigenvalue weighted by molar-refractivity contribution is 5.76. The zero-order valence-electron chi connectivity index (χ0n) is 31.5. The number of allylic oxidation sites excluding steroid dienone is 5. The average molecular weight is 676 g/mol. The van der Waals surface area contributed by atoms with Crippen molar-refractivity contribution in [1.82, 2.24) is 5.32 Å². The van der Waals surface area contributed by atoms with Crippen molar-refractivity contribution in [3.63, 3.8) is 0 Å². The van der Waals surface area contributed by atoms with Crippen LogP contribution in [0.2, 0.25) is 0 Å². The molecule has 0 aromatic carbocycles. The largest absolute Gasteiger partial charge is 0.466 e. The first-order chi connectivity index (χ1) is 23.5. The molecule has 0 rings (SSSR count). The van der Waals surface area contributed by atoms with Gasteiger partial charge in [-0.15, -0.1) is 0 Å². The predicted molar refractivity (Wildman–Crippen MR) is 204 cm³/mol. The number of carbonyl (C=O) groups excluding carboxylic acids is 2. The number of aliphatic hydroxyl groups excluding tert-OH is 2. The van der Waals surface area contributed by atoms with E-state index in [9.17, 15) is 19.8 Å². The molecular weight excluding hydrogens is 598 g/mol. The fourth-order valence-electron chi connectivity index (χ4n) is 5.69. The van der Waals surface area contributed by atoms with Crippen molar-refractivity contribution in [1.29, 1.82) is 0 Å². The van der Waals surface area contributed by atoms with Crippen LogP contribution in [-0.4, -0.2) is 47.4 Å². The van der Waals surface area contributed by atoms with Gasteiger partial charge in [-0.25, -0.2) is 0 Å². The molecule has 48 heavy (non-hydrogen) atoms. The van der Waals surface area contributed by atoms with Gasteiger partial charge < -0.3 is 20.3 Å². The van der Waals surface area contributed by atoms with Crippen LogP contribution in [0.25, 0.3) is 0 Å². The lowest BCUT2D eigenvalue weighted by Gasteiger charge is -2.19. The summed E-state index contributed by atoms with van der Waals surface area (Å²) in [5, 5.41) is 22.7. The first-order valence-corrected chi connectivity index (χ1v) is 20.3. The maximum absolute atomic E-state index is 12.3. The number of hydrogen-bond donors (Lipinski definition) is 3. The van der Waals surface area contributed by atoms with Gasteiger partial charge in [-0.2, -0.15) is 0 Å². The van der Waals surface area contributed by atoms with Gasteiger partial charge >= 0.3 is 5.97 Å². The molecule has 0 saturated carbocycles. The molecule has 0 fully saturated rings. The van der Waals surface area contributed by atoms with Gasteiger partial charge in [0.15, 0.2) is 0 Å². The zero-order chi connectivity index (χ0) is 35.2. The number of hydrogen-bond acceptors (Lipinski definition) is 5. The third kappa shape index (κ3) is 34.0. The van der Waals surface area contributed by atoms with E-state index in [2.05, 4.69) is 43.5 Å². The van der Waals surface area contributed by atoms with Crippen molar-refractivity contribution < 1.29 is 24.5 Å². The second-order valence-electron chi connectivity index (χ2n) is 13.6. The third-order valence-electron chi connectivity index (χ3n) is 8.88. The summed E-state index contributed by atoms with van der Waals surface area (Å²) in [6, 6.07) is -0.663. The number of aliphatic hydroxyl groups is 2. The minimum atomic E-state index is -0.872. The molecule has 6 nitrogen and oxygen atoms in total. The molecule has 0 heterocycles. The number of unbranched alkanes of at least 4 members (excludes halogenated alkanes) is 21. The van der Waals surface area contributed by atoms with Crippen LogP contribution in [0.1, 0.15) is 194 Å². The molecular formula is C42H77NO5. The van der Waals surface area contributed by atoms with Gasteiger partial charge in [0.1, 0.15) is 0 Å². The Labute approximate surface area is 296 Å². The van der Waals surface area contributed by atoms with Crippen LogP contribution in [0.15, 0.2) is 36.5 Å². The van der Waals surface area contributed by atoms with Crippen molar-refractivity contribution in [2.45, 2.75) is 206 Å². The van der Waals surface area contributed by atoms with E-state index in [-0.39, 0.29) is 18.5 Å². The van der Waals surface area contributed by atoms with Crippen LogP contribution in [0.5, 0.6) is 0 Å². The smallest absolute Gasteiger partial charge is 0.305 e. The molecule has 0 saturated heterocycles. The molecule has 2 unspecified atom stereocenters. The highest BCUT2D eigenvalue weighted by Gasteiger charge is 2.17. The summed E-state index contributed by atoms with van der Waals surface area (Å²) in [5.74, 6) is -0.184. The quantitative estimate of drug-likeness (QED) is 0.0349. The van der Waals surface area contributed by atoms with E-state index in [4.69, 9.17) is 4.74 Å². The number of amides is 1. The van der Waals surface area contributed by atoms with Crippen molar-refractivity contribution in [2.24, 2.45) is 0 Å². The van der Waals surface area contributed by atoms with Gasteiger partial charge in [-0.05, 0) is 77.0 Å². The molecule has 0 radical (unpaired) electrons. The Morgan fingerprint density at radius 3 is 1.54 bits per heavy atom. The van der Waals surface area contributed by atoms with E-state index < -0.39 is 12.1 Å². The summed E-state index contributed by atoms with van der Waals surface area (Å²) in [7, 11) is 0. The first kappa shape index (κ1) is 46.1. The minimum Gasteiger partial charge on any atom is -0.466 e. The standard InChI is InChI=1S/C42H77NO5/c1-3-5-7-9-11-13-14-15-16-20-24-28-32-36-42(47)48-37-33-29-25-21-17-19-23-27-31-35-41(46)43-39(38-44)40(45)34-30-26-22-18-12-10-8-6-4-2/h13-14,19,23,30,34,39-40,44-45H,3-12,15-18,20-22,24-29,31-33,35-38H2,1-2H3,(H,43,46)/b14-13-,23-19-,34-30+. The Morgan fingerprint density at radius 2 is 1.00 bits per heavy atom. The molecule has 0 aromatic rings. The van der Waals surface area contributed by atoms with Crippen LogP contribution in [0.3, 0.4) is 0 Å². The summed E-state index contributed by atoms with van der Waals surface area (Å²) in [4.78, 5) is 24.2. The van der Waals surface area contributed by atoms with Crippen LogP contribution in [-0.2, 0) is 14.3 Å². The summed E-state index contributed by atoms with van der Waals surface area (Å²) >= 11 is 0.